The molecule has 0 saturated heterocycles. The fraction of sp³-hybridized carbons (Fsp3) is 0.222. The van der Waals surface area contributed by atoms with Gasteiger partial charge >= 0.3 is 0 Å². The molecule has 0 spiro atoms. The quantitative estimate of drug-likeness (QED) is 0.801. The molecule has 1 aliphatic heterocycles. The highest BCUT2D eigenvalue weighted by molar-refractivity contribution is 5.69. The van der Waals surface area contributed by atoms with Crippen LogP contribution in [0.2, 0.25) is 0 Å². The molecule has 102 valence electrons. The van der Waals surface area contributed by atoms with Crippen molar-refractivity contribution in [1.82, 2.24) is 5.01 Å². The number of aryl methyl sites for hydroxylation is 1. The predicted octanol–water partition coefficient (Wildman–Crippen LogP) is 4.23. The largest absolute Gasteiger partial charge is 0.282 e. The summed E-state index contributed by atoms with van der Waals surface area (Å²) in [6.45, 7) is 4.33. The van der Waals surface area contributed by atoms with E-state index in [9.17, 15) is 0 Å². The Bertz CT molecular complexity index is 645. The van der Waals surface area contributed by atoms with Crippen LogP contribution in [0.4, 0.5) is 5.69 Å². The molecule has 0 aliphatic carbocycles. The van der Waals surface area contributed by atoms with E-state index in [0.717, 1.165) is 0 Å². The highest BCUT2D eigenvalue weighted by Gasteiger charge is 2.19. The molecule has 1 aliphatic rings. The Morgan fingerprint density at radius 2 is 1.65 bits per heavy atom. The number of hydrogen-bond acceptors (Lipinski definition) is 2. The van der Waals surface area contributed by atoms with Gasteiger partial charge in [-0.15, -0.1) is 0 Å². The van der Waals surface area contributed by atoms with Gasteiger partial charge < -0.3 is 0 Å². The third-order valence-corrected chi connectivity index (χ3v) is 3.90. The van der Waals surface area contributed by atoms with Gasteiger partial charge in [-0.25, -0.2) is 5.01 Å². The lowest BCUT2D eigenvalue weighted by atomic mass is 10.0. The number of anilines is 1. The molecule has 2 aromatic carbocycles. The maximum atomic E-state index is 2.24. The van der Waals surface area contributed by atoms with E-state index in [1.165, 1.54) is 22.4 Å². The summed E-state index contributed by atoms with van der Waals surface area (Å²) >= 11 is 0. The van der Waals surface area contributed by atoms with E-state index in [1.54, 1.807) is 0 Å². The van der Waals surface area contributed by atoms with Crippen LogP contribution in [0.3, 0.4) is 0 Å². The van der Waals surface area contributed by atoms with Crippen molar-refractivity contribution in [3.63, 3.8) is 0 Å². The number of hydrazine groups is 1. The van der Waals surface area contributed by atoms with Crippen molar-refractivity contribution < 1.29 is 0 Å². The first-order valence-electron chi connectivity index (χ1n) is 7.02. The topological polar surface area (TPSA) is 6.48 Å². The van der Waals surface area contributed by atoms with Crippen molar-refractivity contribution in [2.24, 2.45) is 0 Å². The van der Waals surface area contributed by atoms with Gasteiger partial charge in [-0.1, -0.05) is 42.0 Å². The minimum atomic E-state index is 0.442. The van der Waals surface area contributed by atoms with Gasteiger partial charge in [0.15, 0.2) is 0 Å². The molecule has 20 heavy (non-hydrogen) atoms. The average Bonchev–Trinajstić information content (AvgIpc) is 2.79. The monoisotopic (exact) mass is 264 g/mol. The number of hydrogen-bond donors (Lipinski definition) is 0. The first-order valence-corrected chi connectivity index (χ1v) is 7.02. The van der Waals surface area contributed by atoms with Gasteiger partial charge in [0.2, 0.25) is 0 Å². The fourth-order valence-corrected chi connectivity index (χ4v) is 2.55. The van der Waals surface area contributed by atoms with Crippen LogP contribution < -0.4 is 5.01 Å². The third kappa shape index (κ3) is 2.35. The summed E-state index contributed by atoms with van der Waals surface area (Å²) in [5.74, 6) is 0. The van der Waals surface area contributed by atoms with Crippen molar-refractivity contribution in [2.75, 3.05) is 12.1 Å². The minimum absolute atomic E-state index is 0.442. The number of likely N-dealkylation sites (N-methyl/N-ethyl adjacent to an activating group) is 1. The van der Waals surface area contributed by atoms with Crippen molar-refractivity contribution in [1.29, 1.82) is 0 Å². The van der Waals surface area contributed by atoms with E-state index < -0.39 is 0 Å². The second-order valence-corrected chi connectivity index (χ2v) is 5.42. The first-order chi connectivity index (χ1) is 9.65. The van der Waals surface area contributed by atoms with Crippen molar-refractivity contribution >= 4 is 5.69 Å². The SMILES string of the molecule is Cc1cccc(-c2cccc(N3C=CC(C)N3C)c2)c1. The Kier molecular flexibility index (Phi) is 3.33. The van der Waals surface area contributed by atoms with Crippen LogP contribution in [0.25, 0.3) is 11.1 Å². The maximum Gasteiger partial charge on any atom is 0.0579 e. The van der Waals surface area contributed by atoms with Crippen molar-refractivity contribution in [3.8, 4) is 11.1 Å². The molecule has 3 rings (SSSR count). The molecule has 2 nitrogen and oxygen atoms in total. The molecule has 1 unspecified atom stereocenters. The molecule has 2 heteroatoms. The normalized spacial score (nSPS) is 18.8. The Hall–Kier alpha value is -2.06. The summed E-state index contributed by atoms with van der Waals surface area (Å²) in [6, 6.07) is 17.8. The standard InChI is InChI=1S/C18H20N2/c1-14-6-4-7-16(12-14)17-8-5-9-18(13-17)20-11-10-15(2)19(20)3/h4-13,15H,1-3H3. The second-order valence-electron chi connectivity index (χ2n) is 5.42. The van der Waals surface area contributed by atoms with Crippen LogP contribution in [0.1, 0.15) is 12.5 Å². The van der Waals surface area contributed by atoms with Crippen LogP contribution in [-0.2, 0) is 0 Å². The zero-order valence-electron chi connectivity index (χ0n) is 12.2. The summed E-state index contributed by atoms with van der Waals surface area (Å²) in [5.41, 5.74) is 5.02. The zero-order chi connectivity index (χ0) is 14.1. The Labute approximate surface area is 120 Å². The molecule has 0 aromatic heterocycles. The van der Waals surface area contributed by atoms with Crippen LogP contribution in [-0.4, -0.2) is 18.1 Å². The van der Waals surface area contributed by atoms with E-state index in [4.69, 9.17) is 0 Å². The van der Waals surface area contributed by atoms with E-state index in [-0.39, 0.29) is 0 Å². The third-order valence-electron chi connectivity index (χ3n) is 3.90. The summed E-state index contributed by atoms with van der Waals surface area (Å²) in [7, 11) is 2.12. The molecular formula is C18H20N2. The summed E-state index contributed by atoms with van der Waals surface area (Å²) < 4.78 is 0. The molecular weight excluding hydrogens is 244 g/mol. The molecule has 0 fully saturated rings. The van der Waals surface area contributed by atoms with Crippen LogP contribution in [0.15, 0.2) is 60.8 Å². The van der Waals surface area contributed by atoms with Gasteiger partial charge in [-0.3, -0.25) is 5.01 Å². The van der Waals surface area contributed by atoms with Crippen molar-refractivity contribution in [2.45, 2.75) is 19.9 Å². The Balaban J connectivity index is 1.96. The van der Waals surface area contributed by atoms with Gasteiger partial charge in [0, 0.05) is 19.3 Å². The van der Waals surface area contributed by atoms with Gasteiger partial charge in [-0.05, 0) is 43.2 Å². The predicted molar refractivity (Wildman–Crippen MR) is 85.5 cm³/mol. The van der Waals surface area contributed by atoms with Gasteiger partial charge in [0.05, 0.1) is 5.69 Å². The zero-order valence-corrected chi connectivity index (χ0v) is 12.2. The first kappa shape index (κ1) is 12.9. The molecule has 2 aromatic rings. The summed E-state index contributed by atoms with van der Waals surface area (Å²) in [6.07, 6.45) is 4.35. The highest BCUT2D eigenvalue weighted by Crippen LogP contribution is 2.28. The molecule has 0 bridgehead atoms. The second kappa shape index (κ2) is 5.14. The van der Waals surface area contributed by atoms with Crippen LogP contribution >= 0.6 is 0 Å². The van der Waals surface area contributed by atoms with Crippen LogP contribution in [0, 0.1) is 6.92 Å². The van der Waals surface area contributed by atoms with Gasteiger partial charge in [0.25, 0.3) is 0 Å². The number of nitrogens with zero attached hydrogens (tertiary/aromatic N) is 2. The number of benzene rings is 2. The molecule has 0 saturated carbocycles. The van der Waals surface area contributed by atoms with E-state index in [0.29, 0.717) is 6.04 Å². The molecule has 1 atom stereocenters. The molecule has 0 amide bonds. The Morgan fingerprint density at radius 1 is 0.950 bits per heavy atom. The smallest absolute Gasteiger partial charge is 0.0579 e. The molecule has 1 heterocycles. The lowest BCUT2D eigenvalue weighted by molar-refractivity contribution is 0.322. The molecule has 0 N–H and O–H groups in total. The van der Waals surface area contributed by atoms with E-state index >= 15 is 0 Å². The highest BCUT2D eigenvalue weighted by atomic mass is 15.6. The van der Waals surface area contributed by atoms with E-state index in [1.807, 2.05) is 0 Å². The van der Waals surface area contributed by atoms with Gasteiger partial charge in [0.1, 0.15) is 0 Å². The molecule has 0 radical (unpaired) electrons. The fourth-order valence-electron chi connectivity index (χ4n) is 2.55. The summed E-state index contributed by atoms with van der Waals surface area (Å²) in [4.78, 5) is 0. The van der Waals surface area contributed by atoms with Crippen LogP contribution in [0.5, 0.6) is 0 Å². The maximum absolute atomic E-state index is 2.24. The van der Waals surface area contributed by atoms with Crippen molar-refractivity contribution in [3.05, 3.63) is 66.4 Å². The van der Waals surface area contributed by atoms with Gasteiger partial charge in [-0.2, -0.15) is 0 Å². The average molecular weight is 264 g/mol. The van der Waals surface area contributed by atoms with E-state index in [2.05, 4.69) is 91.7 Å². The summed E-state index contributed by atoms with van der Waals surface area (Å²) in [5, 5.41) is 4.43. The number of rotatable bonds is 2. The minimum Gasteiger partial charge on any atom is -0.282 e. The lowest BCUT2D eigenvalue weighted by Crippen LogP contribution is -2.36. The Morgan fingerprint density at radius 3 is 2.30 bits per heavy atom. The lowest BCUT2D eigenvalue weighted by Gasteiger charge is -2.28.